The van der Waals surface area contributed by atoms with Gasteiger partial charge in [-0.15, -0.1) is 11.8 Å². The molecule has 7 heteroatoms. The molecule has 0 bridgehead atoms. The maximum atomic E-state index is 13.0. The lowest BCUT2D eigenvalue weighted by atomic mass is 10.1. The van der Waals surface area contributed by atoms with Gasteiger partial charge in [-0.1, -0.05) is 54.6 Å². The van der Waals surface area contributed by atoms with E-state index in [4.69, 9.17) is 0 Å². The van der Waals surface area contributed by atoms with E-state index in [1.807, 2.05) is 68.1 Å². The number of thioether (sulfide) groups is 1. The smallest absolute Gasteiger partial charge is 0.255 e. The molecule has 0 aromatic heterocycles. The van der Waals surface area contributed by atoms with Crippen LogP contribution in [-0.4, -0.2) is 33.9 Å². The number of hydrogen-bond acceptors (Lipinski definition) is 4. The number of rotatable bonds is 6. The number of amides is 3. The highest BCUT2D eigenvalue weighted by Gasteiger charge is 2.32. The van der Waals surface area contributed by atoms with Crippen molar-refractivity contribution in [1.29, 1.82) is 0 Å². The lowest BCUT2D eigenvalue weighted by Crippen LogP contribution is -2.40. The Hall–Kier alpha value is -3.58. The topological polar surface area (TPSA) is 78.5 Å². The number of anilines is 1. The van der Waals surface area contributed by atoms with Crippen LogP contribution in [0.3, 0.4) is 0 Å². The molecule has 0 unspecified atom stereocenters. The summed E-state index contributed by atoms with van der Waals surface area (Å²) in [6.07, 6.45) is 0. The van der Waals surface area contributed by atoms with Gasteiger partial charge in [-0.3, -0.25) is 14.4 Å². The van der Waals surface area contributed by atoms with Gasteiger partial charge in [-0.2, -0.15) is 0 Å². The maximum Gasteiger partial charge on any atom is 0.255 e. The largest absolute Gasteiger partial charge is 0.347 e. The fraction of sp³-hybridized carbons (Fsp3) is 0.250. The van der Waals surface area contributed by atoms with Crippen LogP contribution >= 0.6 is 11.8 Å². The van der Waals surface area contributed by atoms with E-state index < -0.39 is 5.54 Å². The number of nitrogens with one attached hydrogen (secondary N) is 2. The first-order valence-electron chi connectivity index (χ1n) is 11.5. The summed E-state index contributed by atoms with van der Waals surface area (Å²) in [5, 5.41) is 5.69. The third-order valence-electron chi connectivity index (χ3n) is 5.53. The second-order valence-corrected chi connectivity index (χ2v) is 10.6. The molecule has 0 aliphatic carbocycles. The van der Waals surface area contributed by atoms with Gasteiger partial charge in [0, 0.05) is 17.6 Å². The van der Waals surface area contributed by atoms with Crippen molar-refractivity contribution in [3.8, 4) is 0 Å². The van der Waals surface area contributed by atoms with Crippen molar-refractivity contribution in [2.45, 2.75) is 38.2 Å². The fourth-order valence-corrected chi connectivity index (χ4v) is 5.06. The summed E-state index contributed by atoms with van der Waals surface area (Å²) in [6.45, 7) is 6.27. The van der Waals surface area contributed by atoms with Crippen molar-refractivity contribution in [3.63, 3.8) is 0 Å². The molecule has 3 aromatic rings. The Labute approximate surface area is 210 Å². The molecule has 1 saturated heterocycles. The van der Waals surface area contributed by atoms with Crippen LogP contribution in [0.4, 0.5) is 5.69 Å². The van der Waals surface area contributed by atoms with E-state index in [2.05, 4.69) is 10.6 Å². The SMILES string of the molecule is CC(C)(C)NC(=O)c1ccccc1NC(=O)c1ccc([C@H]2SCC(=O)N2Cc2ccccc2)cc1. The molecule has 35 heavy (non-hydrogen) atoms. The molecular weight excluding hydrogens is 458 g/mol. The van der Waals surface area contributed by atoms with Gasteiger partial charge in [0.05, 0.1) is 17.0 Å². The number of carbonyl (C=O) groups is 3. The molecule has 1 aliphatic rings. The van der Waals surface area contributed by atoms with Gasteiger partial charge >= 0.3 is 0 Å². The summed E-state index contributed by atoms with van der Waals surface area (Å²) < 4.78 is 0. The summed E-state index contributed by atoms with van der Waals surface area (Å²) >= 11 is 1.59. The Bertz CT molecular complexity index is 1220. The molecule has 1 aliphatic heterocycles. The van der Waals surface area contributed by atoms with Crippen LogP contribution in [0, 0.1) is 0 Å². The van der Waals surface area contributed by atoms with Gasteiger partial charge in [0.2, 0.25) is 5.91 Å². The average molecular weight is 488 g/mol. The zero-order chi connectivity index (χ0) is 25.0. The van der Waals surface area contributed by atoms with Crippen LogP contribution < -0.4 is 10.6 Å². The van der Waals surface area contributed by atoms with Gasteiger partial charge in [0.15, 0.2) is 0 Å². The van der Waals surface area contributed by atoms with Crippen LogP contribution in [0.25, 0.3) is 0 Å². The minimum Gasteiger partial charge on any atom is -0.347 e. The molecule has 0 saturated carbocycles. The standard InChI is InChI=1S/C28H29N3O3S/c1-28(2,3)30-26(34)22-11-7-8-12-23(22)29-25(33)20-13-15-21(16-14-20)27-31(24(32)18-35-27)17-19-9-5-4-6-10-19/h4-16,27H,17-18H2,1-3H3,(H,29,33)(H,30,34)/t27-/m1/s1. The minimum atomic E-state index is -0.391. The molecule has 4 rings (SSSR count). The van der Waals surface area contributed by atoms with Crippen molar-refractivity contribution in [2.75, 3.05) is 11.1 Å². The highest BCUT2D eigenvalue weighted by atomic mass is 32.2. The highest BCUT2D eigenvalue weighted by molar-refractivity contribution is 8.00. The van der Waals surface area contributed by atoms with E-state index in [-0.39, 0.29) is 23.1 Å². The predicted molar refractivity (Wildman–Crippen MR) is 140 cm³/mol. The van der Waals surface area contributed by atoms with Gasteiger partial charge in [-0.25, -0.2) is 0 Å². The molecule has 1 atom stereocenters. The minimum absolute atomic E-state index is 0.0957. The normalized spacial score (nSPS) is 15.7. The Kier molecular flexibility index (Phi) is 7.26. The van der Waals surface area contributed by atoms with Crippen molar-refractivity contribution in [2.24, 2.45) is 0 Å². The summed E-state index contributed by atoms with van der Waals surface area (Å²) in [4.78, 5) is 40.0. The molecule has 3 amide bonds. The summed E-state index contributed by atoms with van der Waals surface area (Å²) in [7, 11) is 0. The van der Waals surface area contributed by atoms with E-state index >= 15 is 0 Å². The molecule has 1 heterocycles. The Morgan fingerprint density at radius 2 is 1.57 bits per heavy atom. The van der Waals surface area contributed by atoms with E-state index in [1.54, 1.807) is 48.2 Å². The number of para-hydroxylation sites is 1. The quantitative estimate of drug-likeness (QED) is 0.498. The lowest BCUT2D eigenvalue weighted by molar-refractivity contribution is -0.128. The summed E-state index contributed by atoms with van der Waals surface area (Å²) in [6, 6.07) is 24.2. The third-order valence-corrected chi connectivity index (χ3v) is 6.79. The van der Waals surface area contributed by atoms with E-state index in [0.29, 0.717) is 29.1 Å². The first-order valence-corrected chi connectivity index (χ1v) is 12.5. The monoisotopic (exact) mass is 487 g/mol. The lowest BCUT2D eigenvalue weighted by Gasteiger charge is -2.24. The molecule has 180 valence electrons. The molecule has 1 fully saturated rings. The number of hydrogen-bond donors (Lipinski definition) is 2. The van der Waals surface area contributed by atoms with Crippen molar-refractivity contribution >= 4 is 35.2 Å². The van der Waals surface area contributed by atoms with Crippen LogP contribution in [0.2, 0.25) is 0 Å². The number of benzene rings is 3. The van der Waals surface area contributed by atoms with Crippen LogP contribution in [0.15, 0.2) is 78.9 Å². The van der Waals surface area contributed by atoms with Crippen LogP contribution in [-0.2, 0) is 11.3 Å². The van der Waals surface area contributed by atoms with Crippen molar-refractivity contribution < 1.29 is 14.4 Å². The third kappa shape index (κ3) is 6.11. The highest BCUT2D eigenvalue weighted by Crippen LogP contribution is 2.39. The summed E-state index contributed by atoms with van der Waals surface area (Å²) in [5.74, 6) is -0.00231. The molecular formula is C28H29N3O3S. The zero-order valence-corrected chi connectivity index (χ0v) is 20.9. The van der Waals surface area contributed by atoms with Crippen molar-refractivity contribution in [1.82, 2.24) is 10.2 Å². The second-order valence-electron chi connectivity index (χ2n) is 9.50. The molecule has 6 nitrogen and oxygen atoms in total. The average Bonchev–Trinajstić information content (AvgIpc) is 3.19. The zero-order valence-electron chi connectivity index (χ0n) is 20.1. The predicted octanol–water partition coefficient (Wildman–Crippen LogP) is 5.24. The van der Waals surface area contributed by atoms with E-state index in [9.17, 15) is 14.4 Å². The van der Waals surface area contributed by atoms with E-state index in [1.165, 1.54) is 0 Å². The second kappa shape index (κ2) is 10.4. The Morgan fingerprint density at radius 3 is 2.26 bits per heavy atom. The molecule has 2 N–H and O–H groups in total. The molecule has 0 spiro atoms. The van der Waals surface area contributed by atoms with Gasteiger partial charge < -0.3 is 15.5 Å². The molecule has 3 aromatic carbocycles. The number of nitrogens with zero attached hydrogens (tertiary/aromatic N) is 1. The summed E-state index contributed by atoms with van der Waals surface area (Å²) in [5.41, 5.74) is 3.00. The fourth-order valence-electron chi connectivity index (χ4n) is 3.87. The first-order chi connectivity index (χ1) is 16.7. The van der Waals surface area contributed by atoms with Crippen LogP contribution in [0.5, 0.6) is 0 Å². The molecule has 0 radical (unpaired) electrons. The first kappa shape index (κ1) is 24.5. The number of carbonyl (C=O) groups excluding carboxylic acids is 3. The van der Waals surface area contributed by atoms with Gasteiger partial charge in [0.25, 0.3) is 11.8 Å². The maximum absolute atomic E-state index is 13.0. The van der Waals surface area contributed by atoms with Crippen molar-refractivity contribution in [3.05, 3.63) is 101 Å². The Balaban J connectivity index is 1.47. The van der Waals surface area contributed by atoms with E-state index in [0.717, 1.165) is 11.1 Å². The van der Waals surface area contributed by atoms with Gasteiger partial charge in [0.1, 0.15) is 5.37 Å². The van der Waals surface area contributed by atoms with Gasteiger partial charge in [-0.05, 0) is 56.2 Å². The Morgan fingerprint density at radius 1 is 0.914 bits per heavy atom. The van der Waals surface area contributed by atoms with Crippen LogP contribution in [0.1, 0.15) is 58.0 Å².